The molecule has 1 N–H and O–H groups in total. The predicted octanol–water partition coefficient (Wildman–Crippen LogP) is 4.09. The van der Waals surface area contributed by atoms with Gasteiger partial charge in [0.25, 0.3) is 0 Å². The maximum absolute atomic E-state index is 11.7. The van der Waals surface area contributed by atoms with E-state index in [2.05, 4.69) is 15.3 Å². The first-order valence-corrected chi connectivity index (χ1v) is 7.30. The number of hydrogen-bond acceptors (Lipinski definition) is 5. The molecule has 106 valence electrons. The van der Waals surface area contributed by atoms with Crippen LogP contribution in [-0.4, -0.2) is 16.1 Å². The summed E-state index contributed by atoms with van der Waals surface area (Å²) in [5.74, 6) is 0. The average Bonchev–Trinajstić information content (AvgIpc) is 2.87. The van der Waals surface area contributed by atoms with Crippen LogP contribution in [0.5, 0.6) is 0 Å². The third-order valence-corrected chi connectivity index (χ3v) is 3.79. The molecule has 2 heterocycles. The molecule has 5 nitrogen and oxygen atoms in total. The Morgan fingerprint density at radius 3 is 2.95 bits per heavy atom. The largest absolute Gasteiger partial charge is 0.444 e. The van der Waals surface area contributed by atoms with Crippen LogP contribution >= 0.6 is 22.9 Å². The Bertz CT molecular complexity index is 776. The highest BCUT2D eigenvalue weighted by Crippen LogP contribution is 2.26. The van der Waals surface area contributed by atoms with Crippen LogP contribution in [0.25, 0.3) is 10.2 Å². The van der Waals surface area contributed by atoms with Gasteiger partial charge in [0.1, 0.15) is 11.8 Å². The van der Waals surface area contributed by atoms with Gasteiger partial charge >= 0.3 is 6.09 Å². The van der Waals surface area contributed by atoms with Gasteiger partial charge in [-0.1, -0.05) is 53.3 Å². The molecule has 3 rings (SSSR count). The first-order chi connectivity index (χ1) is 10.2. The maximum Gasteiger partial charge on any atom is 0.413 e. The van der Waals surface area contributed by atoms with Crippen LogP contribution < -0.4 is 5.32 Å². The van der Waals surface area contributed by atoms with Crippen molar-refractivity contribution in [1.82, 2.24) is 9.97 Å². The van der Waals surface area contributed by atoms with E-state index in [0.29, 0.717) is 15.8 Å². The lowest BCUT2D eigenvalue weighted by molar-refractivity contribution is 0.155. The number of pyridine rings is 1. The normalized spacial score (nSPS) is 10.5. The number of amides is 1. The molecule has 0 spiro atoms. The zero-order valence-electron chi connectivity index (χ0n) is 10.7. The smallest absolute Gasteiger partial charge is 0.413 e. The molecule has 0 aliphatic rings. The van der Waals surface area contributed by atoms with Crippen LogP contribution in [0, 0.1) is 0 Å². The Morgan fingerprint density at radius 1 is 1.33 bits per heavy atom. The summed E-state index contributed by atoms with van der Waals surface area (Å²) in [6, 6.07) is 11.1. The standard InChI is InChI=1S/C14H10ClN3O2S/c15-12-6-10-11(7-16-12)21-13(17-10)18-14(19)20-8-9-4-2-1-3-5-9/h1-7H,8H2,(H,17,18,19). The monoisotopic (exact) mass is 319 g/mol. The zero-order valence-corrected chi connectivity index (χ0v) is 12.3. The Labute approximate surface area is 129 Å². The average molecular weight is 320 g/mol. The number of nitrogens with one attached hydrogen (secondary N) is 1. The minimum absolute atomic E-state index is 0.213. The molecule has 21 heavy (non-hydrogen) atoms. The Hall–Kier alpha value is -2.18. The number of carbonyl (C=O) groups is 1. The van der Waals surface area contributed by atoms with E-state index in [9.17, 15) is 4.79 Å². The molecule has 7 heteroatoms. The van der Waals surface area contributed by atoms with Crippen molar-refractivity contribution in [3.8, 4) is 0 Å². The molecule has 0 fully saturated rings. The van der Waals surface area contributed by atoms with Gasteiger partial charge in [-0.05, 0) is 5.56 Å². The number of benzene rings is 1. The Kier molecular flexibility index (Phi) is 3.98. The van der Waals surface area contributed by atoms with Crippen LogP contribution in [0.2, 0.25) is 5.15 Å². The molecule has 0 aliphatic heterocycles. The molecule has 0 atom stereocenters. The fourth-order valence-corrected chi connectivity index (χ4v) is 2.66. The number of fused-ring (bicyclic) bond motifs is 1. The lowest BCUT2D eigenvalue weighted by atomic mass is 10.2. The van der Waals surface area contributed by atoms with Gasteiger partial charge in [-0.25, -0.2) is 14.8 Å². The van der Waals surface area contributed by atoms with Crippen LogP contribution in [0.15, 0.2) is 42.6 Å². The fraction of sp³-hybridized carbons (Fsp3) is 0.0714. The van der Waals surface area contributed by atoms with Gasteiger partial charge in [0.2, 0.25) is 0 Å². The molecular weight excluding hydrogens is 310 g/mol. The molecule has 0 radical (unpaired) electrons. The number of rotatable bonds is 3. The van der Waals surface area contributed by atoms with Crippen LogP contribution in [0.1, 0.15) is 5.56 Å². The number of nitrogens with zero attached hydrogens (tertiary/aromatic N) is 2. The third-order valence-electron chi connectivity index (χ3n) is 2.66. The van der Waals surface area contributed by atoms with Crippen LogP contribution in [-0.2, 0) is 11.3 Å². The molecule has 1 aromatic carbocycles. The van der Waals surface area contributed by atoms with E-state index in [0.717, 1.165) is 10.3 Å². The molecule has 0 bridgehead atoms. The summed E-state index contributed by atoms with van der Waals surface area (Å²) < 4.78 is 5.97. The topological polar surface area (TPSA) is 64.1 Å². The van der Waals surface area contributed by atoms with Crippen LogP contribution in [0.3, 0.4) is 0 Å². The highest BCUT2D eigenvalue weighted by atomic mass is 35.5. The summed E-state index contributed by atoms with van der Waals surface area (Å²) >= 11 is 7.10. The summed E-state index contributed by atoms with van der Waals surface area (Å²) in [6.07, 6.45) is 1.08. The first kappa shape index (κ1) is 13.8. The van der Waals surface area contributed by atoms with Crippen molar-refractivity contribution >= 4 is 44.4 Å². The SMILES string of the molecule is O=C(Nc1nc2cc(Cl)ncc2s1)OCc1ccccc1. The quantitative estimate of drug-likeness (QED) is 0.738. The number of thiazole rings is 1. The van der Waals surface area contributed by atoms with E-state index in [1.165, 1.54) is 11.3 Å². The summed E-state index contributed by atoms with van der Waals surface area (Å²) in [5, 5.41) is 3.41. The molecule has 0 unspecified atom stereocenters. The van der Waals surface area contributed by atoms with Crippen molar-refractivity contribution < 1.29 is 9.53 Å². The Balaban J connectivity index is 1.63. The van der Waals surface area contributed by atoms with Gasteiger partial charge in [0.05, 0.1) is 10.2 Å². The third kappa shape index (κ3) is 3.48. The molecule has 0 saturated heterocycles. The lowest BCUT2D eigenvalue weighted by Crippen LogP contribution is -2.13. The number of anilines is 1. The molecule has 1 amide bonds. The predicted molar refractivity (Wildman–Crippen MR) is 82.7 cm³/mol. The van der Waals surface area contributed by atoms with E-state index in [1.54, 1.807) is 12.3 Å². The van der Waals surface area contributed by atoms with Gasteiger partial charge in [-0.3, -0.25) is 5.32 Å². The summed E-state index contributed by atoms with van der Waals surface area (Å²) in [7, 11) is 0. The number of aromatic nitrogens is 2. The second-order valence-corrected chi connectivity index (χ2v) is 5.60. The summed E-state index contributed by atoms with van der Waals surface area (Å²) in [6.45, 7) is 0.213. The van der Waals surface area contributed by atoms with Gasteiger partial charge in [0, 0.05) is 12.3 Å². The van der Waals surface area contributed by atoms with Crippen molar-refractivity contribution in [2.24, 2.45) is 0 Å². The van der Waals surface area contributed by atoms with Crippen molar-refractivity contribution in [2.45, 2.75) is 6.61 Å². The zero-order chi connectivity index (χ0) is 14.7. The molecule has 2 aromatic heterocycles. The molecule has 3 aromatic rings. The van der Waals surface area contributed by atoms with Gasteiger partial charge in [0.15, 0.2) is 5.13 Å². The van der Waals surface area contributed by atoms with Gasteiger partial charge < -0.3 is 4.74 Å². The van der Waals surface area contributed by atoms with Gasteiger partial charge in [-0.2, -0.15) is 0 Å². The summed E-state index contributed by atoms with van der Waals surface area (Å²) in [4.78, 5) is 19.9. The molecule has 0 aliphatic carbocycles. The van der Waals surface area contributed by atoms with E-state index in [-0.39, 0.29) is 6.61 Å². The van der Waals surface area contributed by atoms with Crippen LogP contribution in [0.4, 0.5) is 9.93 Å². The number of carbonyl (C=O) groups excluding carboxylic acids is 1. The fourth-order valence-electron chi connectivity index (χ4n) is 1.71. The summed E-state index contributed by atoms with van der Waals surface area (Å²) in [5.41, 5.74) is 1.62. The number of ether oxygens (including phenoxy) is 1. The molecule has 0 saturated carbocycles. The Morgan fingerprint density at radius 2 is 2.14 bits per heavy atom. The van der Waals surface area contributed by atoms with Gasteiger partial charge in [-0.15, -0.1) is 0 Å². The highest BCUT2D eigenvalue weighted by molar-refractivity contribution is 7.22. The van der Waals surface area contributed by atoms with E-state index < -0.39 is 6.09 Å². The van der Waals surface area contributed by atoms with E-state index in [1.807, 2.05) is 30.3 Å². The van der Waals surface area contributed by atoms with Crippen molar-refractivity contribution in [3.63, 3.8) is 0 Å². The maximum atomic E-state index is 11.7. The second kappa shape index (κ2) is 6.07. The number of halogens is 1. The van der Waals surface area contributed by atoms with E-state index in [4.69, 9.17) is 16.3 Å². The minimum Gasteiger partial charge on any atom is -0.444 e. The molecular formula is C14H10ClN3O2S. The van der Waals surface area contributed by atoms with E-state index >= 15 is 0 Å². The second-order valence-electron chi connectivity index (χ2n) is 4.18. The number of hydrogen-bond donors (Lipinski definition) is 1. The lowest BCUT2D eigenvalue weighted by Gasteiger charge is -2.04. The minimum atomic E-state index is -0.544. The highest BCUT2D eigenvalue weighted by Gasteiger charge is 2.09. The van der Waals surface area contributed by atoms with Crippen molar-refractivity contribution in [2.75, 3.05) is 5.32 Å². The van der Waals surface area contributed by atoms with Crippen molar-refractivity contribution in [3.05, 3.63) is 53.3 Å². The first-order valence-electron chi connectivity index (χ1n) is 6.10. The van der Waals surface area contributed by atoms with Crippen molar-refractivity contribution in [1.29, 1.82) is 0 Å².